The van der Waals surface area contributed by atoms with Gasteiger partial charge in [0.25, 0.3) is 0 Å². The molecule has 1 fully saturated rings. The van der Waals surface area contributed by atoms with Crippen LogP contribution in [0.1, 0.15) is 44.9 Å². The molecule has 0 unspecified atom stereocenters. The SMILES string of the molecule is COc1ccc(C2(C(=O)N(C)c3ccc4[nH]c(C(C)(C)C)cc4c3)CC2)cc1OC. The maximum atomic E-state index is 13.5. The number of methoxy groups -OCH3 is 2. The van der Waals surface area contributed by atoms with Crippen molar-refractivity contribution in [3.8, 4) is 11.5 Å². The predicted octanol–water partition coefficient (Wildman–Crippen LogP) is 5.18. The van der Waals surface area contributed by atoms with E-state index in [1.807, 2.05) is 31.3 Å². The number of hydrogen-bond donors (Lipinski definition) is 1. The predicted molar refractivity (Wildman–Crippen MR) is 121 cm³/mol. The molecule has 4 rings (SSSR count). The third-order valence-corrected chi connectivity index (χ3v) is 6.20. The zero-order valence-corrected chi connectivity index (χ0v) is 18.6. The van der Waals surface area contributed by atoms with Crippen LogP contribution in [0.25, 0.3) is 10.9 Å². The molecule has 1 aromatic heterocycles. The minimum absolute atomic E-state index is 0.0480. The lowest BCUT2D eigenvalue weighted by Crippen LogP contribution is -2.36. The van der Waals surface area contributed by atoms with Crippen molar-refractivity contribution in [3.63, 3.8) is 0 Å². The van der Waals surface area contributed by atoms with Gasteiger partial charge in [-0.2, -0.15) is 0 Å². The number of amides is 1. The fraction of sp³-hybridized carbons (Fsp3) is 0.400. The number of fused-ring (bicyclic) bond motifs is 1. The minimum Gasteiger partial charge on any atom is -0.493 e. The molecule has 1 aliphatic rings. The highest BCUT2D eigenvalue weighted by atomic mass is 16.5. The summed E-state index contributed by atoms with van der Waals surface area (Å²) in [7, 11) is 5.10. The molecule has 3 aromatic rings. The van der Waals surface area contributed by atoms with E-state index in [4.69, 9.17) is 9.47 Å². The van der Waals surface area contributed by atoms with Crippen molar-refractivity contribution in [3.05, 3.63) is 53.7 Å². The number of carbonyl (C=O) groups is 1. The van der Waals surface area contributed by atoms with Crippen LogP contribution in [0.3, 0.4) is 0 Å². The third kappa shape index (κ3) is 3.32. The molecular weight excluding hydrogens is 376 g/mol. The Labute approximate surface area is 178 Å². The van der Waals surface area contributed by atoms with Gasteiger partial charge in [-0.05, 0) is 54.8 Å². The summed E-state index contributed by atoms with van der Waals surface area (Å²) in [6.07, 6.45) is 1.68. The van der Waals surface area contributed by atoms with E-state index >= 15 is 0 Å². The van der Waals surface area contributed by atoms with E-state index in [9.17, 15) is 4.79 Å². The summed E-state index contributed by atoms with van der Waals surface area (Å²) in [6.45, 7) is 6.57. The Morgan fingerprint density at radius 1 is 1.00 bits per heavy atom. The van der Waals surface area contributed by atoms with Crippen molar-refractivity contribution in [2.45, 2.75) is 44.4 Å². The van der Waals surface area contributed by atoms with Crippen LogP contribution in [0.15, 0.2) is 42.5 Å². The maximum absolute atomic E-state index is 13.5. The zero-order valence-electron chi connectivity index (χ0n) is 18.6. The second-order valence-electron chi connectivity index (χ2n) is 9.22. The van der Waals surface area contributed by atoms with Crippen molar-refractivity contribution >= 4 is 22.5 Å². The smallest absolute Gasteiger partial charge is 0.237 e. The van der Waals surface area contributed by atoms with Crippen LogP contribution in [-0.2, 0) is 15.6 Å². The van der Waals surface area contributed by atoms with Crippen LogP contribution in [0.4, 0.5) is 5.69 Å². The molecule has 1 amide bonds. The second-order valence-corrected chi connectivity index (χ2v) is 9.22. The monoisotopic (exact) mass is 406 g/mol. The summed E-state index contributed by atoms with van der Waals surface area (Å²) in [4.78, 5) is 18.8. The van der Waals surface area contributed by atoms with Crippen LogP contribution < -0.4 is 14.4 Å². The molecular formula is C25H30N2O3. The molecule has 1 N–H and O–H groups in total. The highest BCUT2D eigenvalue weighted by Gasteiger charge is 2.53. The zero-order chi connectivity index (χ0) is 21.7. The molecule has 1 aliphatic carbocycles. The molecule has 158 valence electrons. The first-order valence-electron chi connectivity index (χ1n) is 10.3. The lowest BCUT2D eigenvalue weighted by molar-refractivity contribution is -0.120. The van der Waals surface area contributed by atoms with Crippen molar-refractivity contribution < 1.29 is 14.3 Å². The van der Waals surface area contributed by atoms with Gasteiger partial charge in [0.2, 0.25) is 5.91 Å². The fourth-order valence-corrected chi connectivity index (χ4v) is 4.06. The Kier molecular flexibility index (Phi) is 4.80. The number of nitrogens with zero attached hydrogens (tertiary/aromatic N) is 1. The van der Waals surface area contributed by atoms with E-state index < -0.39 is 5.41 Å². The lowest BCUT2D eigenvalue weighted by atomic mass is 9.92. The van der Waals surface area contributed by atoms with E-state index in [1.165, 1.54) is 5.69 Å². The number of hydrogen-bond acceptors (Lipinski definition) is 3. The quantitative estimate of drug-likeness (QED) is 0.635. The van der Waals surface area contributed by atoms with Crippen molar-refractivity contribution in [1.29, 1.82) is 0 Å². The first-order valence-corrected chi connectivity index (χ1v) is 10.3. The van der Waals surface area contributed by atoms with Crippen molar-refractivity contribution in [1.82, 2.24) is 4.98 Å². The molecule has 0 aliphatic heterocycles. The Morgan fingerprint density at radius 2 is 1.70 bits per heavy atom. The van der Waals surface area contributed by atoms with Crippen LogP contribution in [0, 0.1) is 0 Å². The number of ether oxygens (including phenoxy) is 2. The van der Waals surface area contributed by atoms with Gasteiger partial charge in [0.15, 0.2) is 11.5 Å². The largest absolute Gasteiger partial charge is 0.493 e. The van der Waals surface area contributed by atoms with Gasteiger partial charge in [0.05, 0.1) is 19.6 Å². The summed E-state index contributed by atoms with van der Waals surface area (Å²) in [5, 5.41) is 1.12. The number of carbonyl (C=O) groups excluding carboxylic acids is 1. The topological polar surface area (TPSA) is 54.6 Å². The van der Waals surface area contributed by atoms with Gasteiger partial charge in [-0.3, -0.25) is 4.79 Å². The van der Waals surface area contributed by atoms with Gasteiger partial charge < -0.3 is 19.4 Å². The molecule has 0 bridgehead atoms. The number of aromatic nitrogens is 1. The number of rotatable bonds is 5. The Morgan fingerprint density at radius 3 is 2.30 bits per heavy atom. The summed E-state index contributed by atoms with van der Waals surface area (Å²) < 4.78 is 10.8. The van der Waals surface area contributed by atoms with Gasteiger partial charge in [-0.25, -0.2) is 0 Å². The van der Waals surface area contributed by atoms with Crippen molar-refractivity contribution in [2.24, 2.45) is 0 Å². The third-order valence-electron chi connectivity index (χ3n) is 6.20. The summed E-state index contributed by atoms with van der Waals surface area (Å²) in [5.74, 6) is 1.44. The van der Waals surface area contributed by atoms with Gasteiger partial charge in [-0.1, -0.05) is 26.8 Å². The Bertz CT molecular complexity index is 1100. The first kappa shape index (κ1) is 20.3. The molecule has 5 nitrogen and oxygen atoms in total. The normalized spacial score (nSPS) is 15.1. The average molecular weight is 407 g/mol. The van der Waals surface area contributed by atoms with Gasteiger partial charge in [-0.15, -0.1) is 0 Å². The van der Waals surface area contributed by atoms with Gasteiger partial charge >= 0.3 is 0 Å². The first-order chi connectivity index (χ1) is 14.2. The molecule has 0 spiro atoms. The number of H-pyrrole nitrogens is 1. The van der Waals surface area contributed by atoms with E-state index in [-0.39, 0.29) is 11.3 Å². The van der Waals surface area contributed by atoms with Gasteiger partial charge in [0, 0.05) is 34.7 Å². The number of aromatic amines is 1. The highest BCUT2D eigenvalue weighted by Crippen LogP contribution is 2.51. The van der Waals surface area contributed by atoms with E-state index in [1.54, 1.807) is 19.1 Å². The standard InChI is InChI=1S/C25H30N2O3/c1-24(2,3)22-14-16-13-18(8-9-19(16)26-22)27(4)23(28)25(11-12-25)17-7-10-20(29-5)21(15-17)30-6/h7-10,13-15,26H,11-12H2,1-6H3. The Hall–Kier alpha value is -2.95. The van der Waals surface area contributed by atoms with Crippen LogP contribution in [-0.4, -0.2) is 32.2 Å². The van der Waals surface area contributed by atoms with Gasteiger partial charge in [0.1, 0.15) is 0 Å². The Balaban J connectivity index is 1.65. The minimum atomic E-state index is -0.488. The molecule has 0 radical (unpaired) electrons. The molecule has 30 heavy (non-hydrogen) atoms. The van der Waals surface area contributed by atoms with E-state index in [2.05, 4.69) is 44.0 Å². The summed E-state index contributed by atoms with van der Waals surface area (Å²) in [6, 6.07) is 14.1. The molecule has 0 atom stereocenters. The maximum Gasteiger partial charge on any atom is 0.237 e. The van der Waals surface area contributed by atoms with E-state index in [0.29, 0.717) is 11.5 Å². The van der Waals surface area contributed by atoms with Crippen LogP contribution in [0.5, 0.6) is 11.5 Å². The van der Waals surface area contributed by atoms with Crippen molar-refractivity contribution in [2.75, 3.05) is 26.2 Å². The summed E-state index contributed by atoms with van der Waals surface area (Å²) >= 11 is 0. The van der Waals surface area contributed by atoms with E-state index in [0.717, 1.165) is 35.0 Å². The summed E-state index contributed by atoms with van der Waals surface area (Å²) in [5.41, 5.74) is 3.72. The molecule has 1 saturated carbocycles. The number of likely N-dealkylation sites (N-methyl/N-ethyl adjacent to an activating group) is 1. The second kappa shape index (κ2) is 7.08. The van der Waals surface area contributed by atoms with Crippen LogP contribution >= 0.6 is 0 Å². The molecule has 2 aromatic carbocycles. The van der Waals surface area contributed by atoms with Crippen LogP contribution in [0.2, 0.25) is 0 Å². The number of anilines is 1. The number of nitrogens with one attached hydrogen (secondary N) is 1. The number of benzene rings is 2. The molecule has 5 heteroatoms. The lowest BCUT2D eigenvalue weighted by Gasteiger charge is -2.24. The molecule has 1 heterocycles. The highest BCUT2D eigenvalue weighted by molar-refractivity contribution is 6.04. The fourth-order valence-electron chi connectivity index (χ4n) is 4.06. The molecule has 0 saturated heterocycles. The average Bonchev–Trinajstić information content (AvgIpc) is 3.42.